The number of rotatable bonds is 2. The van der Waals surface area contributed by atoms with Gasteiger partial charge in [-0.25, -0.2) is 23.4 Å². The standard InChI is InChI=1S/C10H14NO3.ClHO4/c1-7-5-6-11(14-4)8(2)9(7)10(12)13-3;2-1(3,4)5/h5-6H,1-4H3;(H,2,3,4,5)/q+1;/p-1. The lowest BCUT2D eigenvalue weighted by atomic mass is 10.1. The van der Waals surface area contributed by atoms with Crippen LogP contribution >= 0.6 is 0 Å². The van der Waals surface area contributed by atoms with Gasteiger partial charge in [-0.05, 0) is 12.5 Å². The van der Waals surface area contributed by atoms with E-state index in [1.54, 1.807) is 13.3 Å². The molecule has 0 aliphatic rings. The van der Waals surface area contributed by atoms with Crippen LogP contribution in [0.4, 0.5) is 0 Å². The number of hydrogen-bond acceptors (Lipinski definition) is 7. The maximum Gasteiger partial charge on any atom is 0.344 e. The second-order valence-corrected chi connectivity index (χ2v) is 4.09. The van der Waals surface area contributed by atoms with Gasteiger partial charge in [-0.2, -0.15) is 0 Å². The Balaban J connectivity index is 0.000000555. The van der Waals surface area contributed by atoms with E-state index in [0.717, 1.165) is 11.3 Å². The molecule has 0 fully saturated rings. The first-order chi connectivity index (χ1) is 8.61. The molecule has 0 N–H and O–H groups in total. The van der Waals surface area contributed by atoms with E-state index in [0.29, 0.717) is 5.56 Å². The van der Waals surface area contributed by atoms with Crippen molar-refractivity contribution >= 4 is 5.97 Å². The van der Waals surface area contributed by atoms with E-state index in [9.17, 15) is 4.79 Å². The number of aryl methyl sites for hydroxylation is 1. The number of methoxy groups -OCH3 is 1. The maximum absolute atomic E-state index is 11.4. The number of carbonyl (C=O) groups excluding carboxylic acids is 1. The molecule has 1 aromatic rings. The van der Waals surface area contributed by atoms with E-state index in [1.165, 1.54) is 11.8 Å². The lowest BCUT2D eigenvalue weighted by molar-refractivity contribution is -2.00. The number of pyridine rings is 1. The summed E-state index contributed by atoms with van der Waals surface area (Å²) >= 11 is 0. The summed E-state index contributed by atoms with van der Waals surface area (Å²) in [4.78, 5) is 16.5. The number of carbonyl (C=O) groups is 1. The first-order valence-corrected chi connectivity index (χ1v) is 6.11. The highest BCUT2D eigenvalue weighted by atomic mass is 35.7. The second-order valence-electron chi connectivity index (χ2n) is 3.34. The molecule has 0 amide bonds. The number of ether oxygens (including phenoxy) is 1. The van der Waals surface area contributed by atoms with Crippen LogP contribution in [0.2, 0.25) is 0 Å². The molecule has 0 bridgehead atoms. The second kappa shape index (κ2) is 7.22. The third kappa shape index (κ3) is 6.32. The third-order valence-electron chi connectivity index (χ3n) is 2.13. The van der Waals surface area contributed by atoms with Crippen LogP contribution in [0.15, 0.2) is 12.3 Å². The molecular formula is C10H14ClNO7. The van der Waals surface area contributed by atoms with E-state index in [2.05, 4.69) is 4.74 Å². The zero-order valence-electron chi connectivity index (χ0n) is 10.8. The summed E-state index contributed by atoms with van der Waals surface area (Å²) in [7, 11) is -2.03. The Kier molecular flexibility index (Phi) is 6.67. The zero-order valence-corrected chi connectivity index (χ0v) is 11.6. The Morgan fingerprint density at radius 3 is 2.05 bits per heavy atom. The summed E-state index contributed by atoms with van der Waals surface area (Å²) in [6, 6.07) is 1.81. The molecule has 1 aromatic heterocycles. The van der Waals surface area contributed by atoms with Crippen molar-refractivity contribution in [3.63, 3.8) is 0 Å². The van der Waals surface area contributed by atoms with Gasteiger partial charge in [0, 0.05) is 17.7 Å². The predicted molar refractivity (Wildman–Crippen MR) is 50.0 cm³/mol. The molecule has 0 atom stereocenters. The summed E-state index contributed by atoms with van der Waals surface area (Å²) < 4.78 is 40.2. The Morgan fingerprint density at radius 1 is 1.21 bits per heavy atom. The third-order valence-corrected chi connectivity index (χ3v) is 2.13. The molecule has 0 radical (unpaired) electrons. The Hall–Kier alpha value is -1.45. The summed E-state index contributed by atoms with van der Waals surface area (Å²) in [5.41, 5.74) is 2.17. The van der Waals surface area contributed by atoms with E-state index >= 15 is 0 Å². The number of hydrogen-bond donors (Lipinski definition) is 0. The molecule has 0 aliphatic carbocycles. The Bertz CT molecular complexity index is 438. The monoisotopic (exact) mass is 295 g/mol. The number of esters is 1. The molecule has 1 rings (SSSR count). The van der Waals surface area contributed by atoms with Gasteiger partial charge in [0.15, 0.2) is 0 Å². The molecule has 0 spiro atoms. The van der Waals surface area contributed by atoms with Gasteiger partial charge in [0.05, 0.1) is 7.11 Å². The molecule has 0 aromatic carbocycles. The molecule has 0 saturated heterocycles. The molecule has 0 aliphatic heterocycles. The van der Waals surface area contributed by atoms with Crippen LogP contribution in [0.5, 0.6) is 0 Å². The van der Waals surface area contributed by atoms with Gasteiger partial charge in [0.2, 0.25) is 11.9 Å². The zero-order chi connectivity index (χ0) is 15.2. The van der Waals surface area contributed by atoms with E-state index < -0.39 is 10.2 Å². The van der Waals surface area contributed by atoms with Crippen molar-refractivity contribution in [1.82, 2.24) is 0 Å². The molecule has 9 heteroatoms. The van der Waals surface area contributed by atoms with E-state index in [1.807, 2.05) is 19.9 Å². The fraction of sp³-hybridized carbons (Fsp3) is 0.400. The van der Waals surface area contributed by atoms with Crippen molar-refractivity contribution in [2.45, 2.75) is 13.8 Å². The van der Waals surface area contributed by atoms with Crippen LogP contribution in [0.1, 0.15) is 21.6 Å². The maximum atomic E-state index is 11.4. The lowest BCUT2D eigenvalue weighted by Crippen LogP contribution is -2.68. The van der Waals surface area contributed by atoms with Crippen molar-refractivity contribution in [2.24, 2.45) is 0 Å². The number of nitrogens with zero attached hydrogens (tertiary/aromatic N) is 1. The van der Waals surface area contributed by atoms with Gasteiger partial charge in [0.1, 0.15) is 12.7 Å². The average Bonchev–Trinajstić information content (AvgIpc) is 2.26. The minimum absolute atomic E-state index is 0.341. The lowest BCUT2D eigenvalue weighted by Gasteiger charge is -2.17. The van der Waals surface area contributed by atoms with Gasteiger partial charge >= 0.3 is 5.97 Å². The smallest absolute Gasteiger partial charge is 0.344 e. The largest absolute Gasteiger partial charge is 0.465 e. The molecular weight excluding hydrogens is 282 g/mol. The molecule has 1 heterocycles. The normalized spacial score (nSPS) is 10.3. The summed E-state index contributed by atoms with van der Waals surface area (Å²) in [5, 5.41) is 0. The van der Waals surface area contributed by atoms with Gasteiger partial charge < -0.3 is 4.74 Å². The first-order valence-electron chi connectivity index (χ1n) is 4.88. The highest BCUT2D eigenvalue weighted by Gasteiger charge is 2.21. The summed E-state index contributed by atoms with van der Waals surface area (Å²) in [6.45, 7) is 3.67. The van der Waals surface area contributed by atoms with Crippen LogP contribution < -0.4 is 28.2 Å². The van der Waals surface area contributed by atoms with Crippen molar-refractivity contribution in [1.29, 1.82) is 0 Å². The summed E-state index contributed by atoms with van der Waals surface area (Å²) in [5.74, 6) is -0.341. The quantitative estimate of drug-likeness (QED) is 0.398. The number of aromatic nitrogens is 1. The Morgan fingerprint density at radius 2 is 1.68 bits per heavy atom. The minimum atomic E-state index is -4.94. The van der Waals surface area contributed by atoms with Crippen LogP contribution in [0, 0.1) is 24.1 Å². The van der Waals surface area contributed by atoms with Crippen LogP contribution in [0.25, 0.3) is 0 Å². The SMILES string of the molecule is COC(=O)c1c(C)cc[n+](OC)c1C.[O-][Cl+3]([O-])([O-])[O-]. The highest BCUT2D eigenvalue weighted by Crippen LogP contribution is 2.10. The predicted octanol–water partition coefficient (Wildman–Crippen LogP) is -4.32. The fourth-order valence-electron chi connectivity index (χ4n) is 1.38. The van der Waals surface area contributed by atoms with Crippen molar-refractivity contribution in [2.75, 3.05) is 14.2 Å². The molecule has 19 heavy (non-hydrogen) atoms. The average molecular weight is 296 g/mol. The van der Waals surface area contributed by atoms with Crippen LogP contribution in [-0.2, 0) is 4.74 Å². The minimum Gasteiger partial charge on any atom is -0.465 e. The van der Waals surface area contributed by atoms with Crippen LogP contribution in [-0.4, -0.2) is 20.2 Å². The first kappa shape index (κ1) is 17.6. The van der Waals surface area contributed by atoms with Gasteiger partial charge in [-0.1, -0.05) is 0 Å². The molecule has 0 saturated carbocycles. The topological polar surface area (TPSA) is 132 Å². The van der Waals surface area contributed by atoms with Gasteiger partial charge in [0.25, 0.3) is 0 Å². The molecule has 0 unspecified atom stereocenters. The van der Waals surface area contributed by atoms with Gasteiger partial charge in [-0.15, -0.1) is 10.2 Å². The highest BCUT2D eigenvalue weighted by molar-refractivity contribution is 5.91. The van der Waals surface area contributed by atoms with E-state index in [4.69, 9.17) is 23.5 Å². The molecule has 108 valence electrons. The Labute approximate surface area is 112 Å². The van der Waals surface area contributed by atoms with Gasteiger partial charge in [-0.3, -0.25) is 4.84 Å². The van der Waals surface area contributed by atoms with E-state index in [-0.39, 0.29) is 5.97 Å². The van der Waals surface area contributed by atoms with Crippen molar-refractivity contribution < 1.29 is 48.0 Å². The van der Waals surface area contributed by atoms with Crippen molar-refractivity contribution in [3.8, 4) is 0 Å². The van der Waals surface area contributed by atoms with Crippen LogP contribution in [0.3, 0.4) is 0 Å². The number of halogens is 1. The fourth-order valence-corrected chi connectivity index (χ4v) is 1.38. The molecule has 8 nitrogen and oxygen atoms in total. The van der Waals surface area contributed by atoms with Crippen molar-refractivity contribution in [3.05, 3.63) is 29.1 Å². The summed E-state index contributed by atoms with van der Waals surface area (Å²) in [6.07, 6.45) is 1.76.